The highest BCUT2D eigenvalue weighted by molar-refractivity contribution is 6.43. The normalized spacial score (nSPS) is 18.2. The summed E-state index contributed by atoms with van der Waals surface area (Å²) < 4.78 is 0. The summed E-state index contributed by atoms with van der Waals surface area (Å²) in [5.41, 5.74) is 1.25. The van der Waals surface area contributed by atoms with E-state index < -0.39 is 11.9 Å². The van der Waals surface area contributed by atoms with Crippen LogP contribution in [0, 0.1) is 0 Å². The molecule has 0 saturated carbocycles. The standard InChI is InChI=1S/C20H21Cl3N2O3/c21-15-8-14(20(23)17(22)10-15)9-19(27)25(28)18(13-4-2-1-3-5-13)12-24-7-6-16(26)11-24/h1-5,8,10,16,18,26,28H,6-7,9,11-12H2/t16-,18+/m0/s1. The van der Waals surface area contributed by atoms with Gasteiger partial charge in [-0.05, 0) is 29.7 Å². The first kappa shape index (κ1) is 21.4. The lowest BCUT2D eigenvalue weighted by Crippen LogP contribution is -2.40. The van der Waals surface area contributed by atoms with Gasteiger partial charge in [-0.1, -0.05) is 65.1 Å². The van der Waals surface area contributed by atoms with E-state index in [1.807, 2.05) is 35.2 Å². The van der Waals surface area contributed by atoms with Crippen molar-refractivity contribution in [3.63, 3.8) is 0 Å². The average Bonchev–Trinajstić information content (AvgIpc) is 3.08. The summed E-state index contributed by atoms with van der Waals surface area (Å²) in [6, 6.07) is 11.8. The predicted molar refractivity (Wildman–Crippen MR) is 110 cm³/mol. The van der Waals surface area contributed by atoms with Crippen LogP contribution in [-0.2, 0) is 11.2 Å². The van der Waals surface area contributed by atoms with Crippen LogP contribution < -0.4 is 0 Å². The number of β-amino-alcohol motifs (C(OH)–C–C–N with tert-alkyl or cyclic N) is 1. The molecule has 0 bridgehead atoms. The largest absolute Gasteiger partial charge is 0.392 e. The van der Waals surface area contributed by atoms with E-state index in [0.717, 1.165) is 10.6 Å². The Balaban J connectivity index is 1.80. The molecule has 3 rings (SSSR count). The molecule has 2 atom stereocenters. The molecule has 0 aliphatic carbocycles. The van der Waals surface area contributed by atoms with Crippen molar-refractivity contribution in [1.29, 1.82) is 0 Å². The number of carbonyl (C=O) groups excluding carboxylic acids is 1. The van der Waals surface area contributed by atoms with E-state index in [4.69, 9.17) is 34.8 Å². The molecule has 2 aromatic rings. The summed E-state index contributed by atoms with van der Waals surface area (Å²) in [5.74, 6) is -0.520. The number of hydrogen-bond acceptors (Lipinski definition) is 4. The molecule has 0 spiro atoms. The molecule has 8 heteroatoms. The smallest absolute Gasteiger partial charge is 0.251 e. The molecule has 2 N–H and O–H groups in total. The maximum atomic E-state index is 12.8. The Hall–Kier alpha value is -1.34. The lowest BCUT2D eigenvalue weighted by atomic mass is 10.0. The maximum absolute atomic E-state index is 12.8. The highest BCUT2D eigenvalue weighted by Gasteiger charge is 2.30. The summed E-state index contributed by atoms with van der Waals surface area (Å²) in [6.07, 6.45) is 0.158. The van der Waals surface area contributed by atoms with Gasteiger partial charge < -0.3 is 5.11 Å². The molecule has 150 valence electrons. The third kappa shape index (κ3) is 5.17. The molecule has 5 nitrogen and oxygen atoms in total. The minimum Gasteiger partial charge on any atom is -0.392 e. The van der Waals surface area contributed by atoms with E-state index in [0.29, 0.717) is 36.6 Å². The molecule has 1 aliphatic heterocycles. The second-order valence-corrected chi connectivity index (χ2v) is 8.13. The van der Waals surface area contributed by atoms with Gasteiger partial charge in [-0.2, -0.15) is 0 Å². The van der Waals surface area contributed by atoms with Crippen LogP contribution in [0.3, 0.4) is 0 Å². The van der Waals surface area contributed by atoms with Gasteiger partial charge in [-0.25, -0.2) is 5.06 Å². The quantitative estimate of drug-likeness (QED) is 0.399. The van der Waals surface area contributed by atoms with Gasteiger partial charge in [-0.15, -0.1) is 0 Å². The molecule has 2 aromatic carbocycles. The van der Waals surface area contributed by atoms with Gasteiger partial charge in [0.2, 0.25) is 0 Å². The van der Waals surface area contributed by atoms with Crippen molar-refractivity contribution in [3.05, 3.63) is 68.7 Å². The Morgan fingerprint density at radius 2 is 1.93 bits per heavy atom. The van der Waals surface area contributed by atoms with Crippen LogP contribution in [0.25, 0.3) is 0 Å². The van der Waals surface area contributed by atoms with Crippen LogP contribution in [0.15, 0.2) is 42.5 Å². The maximum Gasteiger partial charge on any atom is 0.251 e. The van der Waals surface area contributed by atoms with E-state index in [1.165, 1.54) is 6.07 Å². The second-order valence-electron chi connectivity index (χ2n) is 6.90. The molecular formula is C20H21Cl3N2O3. The van der Waals surface area contributed by atoms with Crippen molar-refractivity contribution in [3.8, 4) is 0 Å². The van der Waals surface area contributed by atoms with E-state index in [-0.39, 0.29) is 22.6 Å². The summed E-state index contributed by atoms with van der Waals surface area (Å²) in [7, 11) is 0. The average molecular weight is 444 g/mol. The fraction of sp³-hybridized carbons (Fsp3) is 0.350. The fourth-order valence-corrected chi connectivity index (χ4v) is 4.09. The van der Waals surface area contributed by atoms with Gasteiger partial charge in [0.05, 0.1) is 28.6 Å². The van der Waals surface area contributed by atoms with Crippen molar-refractivity contribution in [1.82, 2.24) is 9.96 Å². The van der Waals surface area contributed by atoms with E-state index >= 15 is 0 Å². The lowest BCUT2D eigenvalue weighted by molar-refractivity contribution is -0.177. The van der Waals surface area contributed by atoms with Crippen LogP contribution in [-0.4, -0.2) is 51.9 Å². The summed E-state index contributed by atoms with van der Waals surface area (Å²) in [6.45, 7) is 1.64. The zero-order chi connectivity index (χ0) is 20.3. The molecule has 1 aliphatic rings. The first-order valence-electron chi connectivity index (χ1n) is 8.95. The van der Waals surface area contributed by atoms with Crippen LogP contribution >= 0.6 is 34.8 Å². The molecule has 28 heavy (non-hydrogen) atoms. The number of carbonyl (C=O) groups is 1. The molecular weight excluding hydrogens is 423 g/mol. The van der Waals surface area contributed by atoms with Crippen LogP contribution in [0.5, 0.6) is 0 Å². The Labute approximate surface area is 179 Å². The van der Waals surface area contributed by atoms with E-state index in [9.17, 15) is 15.1 Å². The minimum atomic E-state index is -0.576. The van der Waals surface area contributed by atoms with Gasteiger partial charge >= 0.3 is 0 Å². The number of aliphatic hydroxyl groups excluding tert-OH is 1. The Kier molecular flexibility index (Phi) is 7.20. The predicted octanol–water partition coefficient (Wildman–Crippen LogP) is 4.22. The van der Waals surface area contributed by atoms with Gasteiger partial charge in [0.25, 0.3) is 5.91 Å². The third-order valence-corrected chi connectivity index (χ3v) is 5.88. The zero-order valence-corrected chi connectivity index (χ0v) is 17.3. The number of nitrogens with zero attached hydrogens (tertiary/aromatic N) is 2. The molecule has 1 fully saturated rings. The summed E-state index contributed by atoms with van der Waals surface area (Å²) in [4.78, 5) is 14.8. The monoisotopic (exact) mass is 442 g/mol. The number of aliphatic hydroxyl groups is 1. The van der Waals surface area contributed by atoms with Crippen molar-refractivity contribution in [2.75, 3.05) is 19.6 Å². The van der Waals surface area contributed by atoms with Gasteiger partial charge in [-0.3, -0.25) is 14.9 Å². The minimum absolute atomic E-state index is 0.137. The molecule has 1 heterocycles. The first-order chi connectivity index (χ1) is 13.3. The highest BCUT2D eigenvalue weighted by atomic mass is 35.5. The Bertz CT molecular complexity index is 835. The fourth-order valence-electron chi connectivity index (χ4n) is 3.38. The topological polar surface area (TPSA) is 64.0 Å². The van der Waals surface area contributed by atoms with Crippen LogP contribution in [0.4, 0.5) is 0 Å². The first-order valence-corrected chi connectivity index (χ1v) is 10.1. The zero-order valence-electron chi connectivity index (χ0n) is 15.1. The van der Waals surface area contributed by atoms with Crippen molar-refractivity contribution in [2.45, 2.75) is 25.0 Å². The SMILES string of the molecule is O=C(Cc1cc(Cl)cc(Cl)c1Cl)N(O)[C@H](CN1CC[C@H](O)C1)c1ccccc1. The van der Waals surface area contributed by atoms with Gasteiger partial charge in [0.15, 0.2) is 0 Å². The summed E-state index contributed by atoms with van der Waals surface area (Å²) >= 11 is 18.2. The lowest BCUT2D eigenvalue weighted by Gasteiger charge is -2.30. The van der Waals surface area contributed by atoms with Gasteiger partial charge in [0.1, 0.15) is 0 Å². The van der Waals surface area contributed by atoms with E-state index in [2.05, 4.69) is 0 Å². The Morgan fingerprint density at radius 3 is 2.57 bits per heavy atom. The number of likely N-dealkylation sites (tertiary alicyclic amines) is 1. The van der Waals surface area contributed by atoms with E-state index in [1.54, 1.807) is 6.07 Å². The Morgan fingerprint density at radius 1 is 1.21 bits per heavy atom. The number of benzene rings is 2. The van der Waals surface area contributed by atoms with Crippen molar-refractivity contribution < 1.29 is 15.1 Å². The number of amides is 1. The number of hydroxylamine groups is 2. The molecule has 0 aromatic heterocycles. The second kappa shape index (κ2) is 9.44. The third-order valence-electron chi connectivity index (χ3n) is 4.82. The molecule has 1 amide bonds. The van der Waals surface area contributed by atoms with Crippen LogP contribution in [0.1, 0.15) is 23.6 Å². The van der Waals surface area contributed by atoms with Crippen molar-refractivity contribution in [2.24, 2.45) is 0 Å². The number of halogens is 3. The van der Waals surface area contributed by atoms with Crippen molar-refractivity contribution >= 4 is 40.7 Å². The van der Waals surface area contributed by atoms with Crippen LogP contribution in [0.2, 0.25) is 15.1 Å². The molecule has 1 saturated heterocycles. The molecule has 0 radical (unpaired) electrons. The van der Waals surface area contributed by atoms with Gasteiger partial charge in [0, 0.05) is 24.7 Å². The number of hydrogen-bond donors (Lipinski definition) is 2. The number of rotatable bonds is 6. The highest BCUT2D eigenvalue weighted by Crippen LogP contribution is 2.31. The molecule has 0 unspecified atom stereocenters. The summed E-state index contributed by atoms with van der Waals surface area (Å²) in [5, 5.41) is 22.1.